The third kappa shape index (κ3) is 4.14. The molecule has 2 unspecified atom stereocenters. The maximum absolute atomic E-state index is 14.7. The van der Waals surface area contributed by atoms with Crippen molar-refractivity contribution < 1.29 is 33.5 Å². The van der Waals surface area contributed by atoms with E-state index in [1.807, 2.05) is 0 Å². The molecule has 6 nitrogen and oxygen atoms in total. The molecule has 2 atom stereocenters. The molecule has 9 heteroatoms. The predicted molar refractivity (Wildman–Crippen MR) is 111 cm³/mol. The third-order valence-electron chi connectivity index (χ3n) is 5.29. The van der Waals surface area contributed by atoms with Crippen LogP contribution in [0.4, 0.5) is 8.78 Å². The Labute approximate surface area is 193 Å². The van der Waals surface area contributed by atoms with E-state index in [2.05, 4.69) is 0 Å². The summed E-state index contributed by atoms with van der Waals surface area (Å²) in [5, 5.41) is 0.329. The van der Waals surface area contributed by atoms with Crippen LogP contribution in [0.3, 0.4) is 0 Å². The van der Waals surface area contributed by atoms with Gasteiger partial charge in [0, 0.05) is 39.6 Å². The van der Waals surface area contributed by atoms with Crippen LogP contribution in [0.1, 0.15) is 50.4 Å². The average molecular weight is 465 g/mol. The Morgan fingerprint density at radius 1 is 1.25 bits per heavy atom. The summed E-state index contributed by atoms with van der Waals surface area (Å²) in [5.41, 5.74) is -0.356. The lowest BCUT2D eigenvalue weighted by Gasteiger charge is -2.29. The second-order valence-electron chi connectivity index (χ2n) is 7.39. The van der Waals surface area contributed by atoms with E-state index in [1.165, 1.54) is 30.3 Å². The van der Waals surface area contributed by atoms with E-state index in [4.69, 9.17) is 17.1 Å². The van der Waals surface area contributed by atoms with Gasteiger partial charge in [-0.25, -0.2) is 0 Å². The number of carbonyl (C=O) groups excluding carboxylic acids is 4. The van der Waals surface area contributed by atoms with Crippen molar-refractivity contribution in [1.29, 1.82) is 0 Å². The van der Waals surface area contributed by atoms with Gasteiger partial charge in [-0.15, -0.1) is 0 Å². The number of piperidine rings is 1. The van der Waals surface area contributed by atoms with Gasteiger partial charge in [-0.3, -0.25) is 24.5 Å². The minimum atomic E-state index is -3.95. The molecule has 2 aliphatic rings. The topological polar surface area (TPSA) is 83.6 Å². The van der Waals surface area contributed by atoms with Crippen LogP contribution in [-0.4, -0.2) is 34.4 Å². The Balaban J connectivity index is 1.55. The SMILES string of the molecule is [2H]C1CC(=O)N([2H])C(=O)C1N1Cc2cc(C([2H])([2H])CC(=O)C(F)(F)c3ccc(Cl)cc3)ccc2C1=O. The van der Waals surface area contributed by atoms with Crippen LogP contribution in [0.5, 0.6) is 0 Å². The molecular weight excluding hydrogens is 442 g/mol. The first-order valence-corrected chi connectivity index (χ1v) is 10.0. The number of nitrogens with zero attached hydrogens (tertiary/aromatic N) is 1. The number of alkyl halides is 2. The van der Waals surface area contributed by atoms with Crippen molar-refractivity contribution in [3.8, 4) is 0 Å². The molecule has 1 N–H and O–H groups in total. The van der Waals surface area contributed by atoms with Crippen LogP contribution in [0.15, 0.2) is 42.5 Å². The Morgan fingerprint density at radius 2 is 1.97 bits per heavy atom. The Morgan fingerprint density at radius 3 is 2.69 bits per heavy atom. The van der Waals surface area contributed by atoms with Gasteiger partial charge in [0.25, 0.3) is 5.91 Å². The highest BCUT2D eigenvalue weighted by Gasteiger charge is 2.41. The number of halogens is 3. The van der Waals surface area contributed by atoms with E-state index in [0.717, 1.165) is 17.0 Å². The lowest BCUT2D eigenvalue weighted by atomic mass is 9.97. The van der Waals surface area contributed by atoms with E-state index >= 15 is 0 Å². The number of fused-ring (bicyclic) bond motifs is 1. The van der Waals surface area contributed by atoms with Gasteiger partial charge in [0.05, 0.1) is 0 Å². The quantitative estimate of drug-likeness (QED) is 0.664. The molecule has 2 heterocycles. The molecule has 0 bridgehead atoms. The van der Waals surface area contributed by atoms with Crippen LogP contribution >= 0.6 is 11.6 Å². The summed E-state index contributed by atoms with van der Waals surface area (Å²) >= 11 is 5.70. The van der Waals surface area contributed by atoms with Gasteiger partial charge < -0.3 is 4.90 Å². The number of hydrogen-bond acceptors (Lipinski definition) is 4. The van der Waals surface area contributed by atoms with Crippen molar-refractivity contribution in [2.24, 2.45) is 0 Å². The van der Waals surface area contributed by atoms with Crippen molar-refractivity contribution in [1.82, 2.24) is 10.2 Å². The minimum absolute atomic E-state index is 0.112. The average Bonchev–Trinajstić information content (AvgIpc) is 3.13. The van der Waals surface area contributed by atoms with Crippen LogP contribution in [0, 0.1) is 0 Å². The van der Waals surface area contributed by atoms with Crippen LogP contribution in [0.25, 0.3) is 0 Å². The Kier molecular flexibility index (Phi) is 4.59. The summed E-state index contributed by atoms with van der Waals surface area (Å²) in [5.74, 6) is -8.10. The first kappa shape index (κ1) is 17.4. The molecule has 32 heavy (non-hydrogen) atoms. The van der Waals surface area contributed by atoms with Crippen LogP contribution < -0.4 is 5.31 Å². The second kappa shape index (κ2) is 8.43. The zero-order chi connectivity index (χ0) is 26.6. The van der Waals surface area contributed by atoms with Crippen molar-refractivity contribution in [3.05, 3.63) is 69.7 Å². The second-order valence-corrected chi connectivity index (χ2v) is 7.83. The smallest absolute Gasteiger partial charge is 0.322 e. The fraction of sp³-hybridized carbons (Fsp3) is 0.304. The molecule has 2 aromatic carbocycles. The molecule has 0 spiro atoms. The van der Waals surface area contributed by atoms with Crippen molar-refractivity contribution in [2.45, 2.75) is 44.1 Å². The van der Waals surface area contributed by atoms with E-state index in [-0.39, 0.29) is 33.6 Å². The molecule has 3 amide bonds. The van der Waals surface area contributed by atoms with Crippen LogP contribution in [-0.2, 0) is 33.2 Å². The third-order valence-corrected chi connectivity index (χ3v) is 5.54. The van der Waals surface area contributed by atoms with Gasteiger partial charge in [-0.1, -0.05) is 35.9 Å². The number of Topliss-reactive ketones (excluding diaryl/α,β-unsaturated/α-hetero) is 1. The number of benzene rings is 2. The molecule has 4 rings (SSSR count). The number of hydrogen-bond donors (Lipinski definition) is 1. The molecule has 0 aliphatic carbocycles. The Hall–Kier alpha value is -3.13. The fourth-order valence-corrected chi connectivity index (χ4v) is 3.73. The van der Waals surface area contributed by atoms with E-state index in [9.17, 15) is 28.0 Å². The largest absolute Gasteiger partial charge is 0.330 e. The van der Waals surface area contributed by atoms with Crippen molar-refractivity contribution in [3.63, 3.8) is 0 Å². The summed E-state index contributed by atoms with van der Waals surface area (Å²) in [6.07, 6.45) is -5.35. The highest BCUT2D eigenvalue weighted by molar-refractivity contribution is 6.30. The fourth-order valence-electron chi connectivity index (χ4n) is 3.60. The molecule has 2 aliphatic heterocycles. The van der Waals surface area contributed by atoms with Gasteiger partial charge in [0.15, 0.2) is 1.41 Å². The predicted octanol–water partition coefficient (Wildman–Crippen LogP) is 3.39. The molecule has 2 aromatic rings. The number of carbonyl (C=O) groups is 4. The zero-order valence-electron chi connectivity index (χ0n) is 20.5. The standard InChI is InChI=1S/C23H19ClF2N2O4/c24-16-5-3-15(4-6-16)23(25,26)19(29)9-2-13-1-7-17-14(11-13)12-28(22(17)32)18-8-10-20(30)27-21(18)31/h1,3-7,11,18H,2,8-10,12H2,(H,27,30,31)/i2D2,8D/hD. The van der Waals surface area contributed by atoms with E-state index < -0.39 is 66.6 Å². The number of imide groups is 1. The van der Waals surface area contributed by atoms with E-state index in [0.29, 0.717) is 0 Å². The van der Waals surface area contributed by atoms with Crippen molar-refractivity contribution >= 4 is 35.1 Å². The molecule has 166 valence electrons. The highest BCUT2D eigenvalue weighted by atomic mass is 35.5. The minimum Gasteiger partial charge on any atom is -0.322 e. The molecule has 0 saturated carbocycles. The van der Waals surface area contributed by atoms with Crippen LogP contribution in [0.2, 0.25) is 6.43 Å². The maximum Gasteiger partial charge on any atom is 0.330 e. The van der Waals surface area contributed by atoms with Gasteiger partial charge >= 0.3 is 5.92 Å². The summed E-state index contributed by atoms with van der Waals surface area (Å²) in [6.45, 7) is -0.208. The summed E-state index contributed by atoms with van der Waals surface area (Å²) in [7, 11) is 0. The monoisotopic (exact) mass is 464 g/mol. The molecule has 1 fully saturated rings. The normalized spacial score (nSPS) is 23.4. The number of amides is 3. The summed E-state index contributed by atoms with van der Waals surface area (Å²) in [6, 6.07) is 6.73. The summed E-state index contributed by atoms with van der Waals surface area (Å²) in [4.78, 5) is 50.4. The van der Waals surface area contributed by atoms with E-state index in [1.54, 1.807) is 0 Å². The van der Waals surface area contributed by atoms with Gasteiger partial charge in [-0.2, -0.15) is 8.78 Å². The molecule has 0 radical (unpaired) electrons. The highest BCUT2D eigenvalue weighted by Crippen LogP contribution is 2.32. The zero-order valence-corrected chi connectivity index (χ0v) is 17.2. The van der Waals surface area contributed by atoms with Gasteiger partial charge in [0.2, 0.25) is 17.6 Å². The molecule has 0 aromatic heterocycles. The van der Waals surface area contributed by atoms with Gasteiger partial charge in [0.1, 0.15) is 6.04 Å². The first-order chi connectivity index (χ1) is 16.7. The van der Waals surface area contributed by atoms with Gasteiger partial charge in [-0.05, 0) is 42.1 Å². The Bertz CT molecular complexity index is 1280. The number of rotatable bonds is 6. The lowest BCUT2D eigenvalue weighted by molar-refractivity contribution is -0.144. The summed E-state index contributed by atoms with van der Waals surface area (Å²) < 4.78 is 61.6. The maximum atomic E-state index is 14.7. The number of nitrogens with one attached hydrogen (secondary N) is 1. The molecule has 1 saturated heterocycles. The molecular formula is C23H19ClF2N2O4. The number of aryl methyl sites for hydroxylation is 1. The first-order valence-electron chi connectivity index (χ1n) is 11.7. The van der Waals surface area contributed by atoms with Crippen molar-refractivity contribution in [2.75, 3.05) is 0 Å². The lowest BCUT2D eigenvalue weighted by Crippen LogP contribution is -2.52. The number of ketones is 1.